The third-order valence-corrected chi connectivity index (χ3v) is 1.19. The number of carboxylic acids is 1. The molecule has 0 saturated carbocycles. The number of hydrogen-bond donors (Lipinski definition) is 1. The number of carbonyl (C=O) groups is 2. The molecule has 0 spiro atoms. The molecule has 1 atom stereocenters. The maximum atomic E-state index is 13.1. The minimum Gasteiger partial charge on any atom is -0.478 e. The summed E-state index contributed by atoms with van der Waals surface area (Å²) in [5, 5.41) is 8.29. The van der Waals surface area contributed by atoms with Gasteiger partial charge in [0.05, 0.1) is 13.5 Å². The van der Waals surface area contributed by atoms with E-state index in [4.69, 9.17) is 5.11 Å². The van der Waals surface area contributed by atoms with Crippen LogP contribution in [0.2, 0.25) is 0 Å². The maximum Gasteiger partial charge on any atom is 0.356 e. The van der Waals surface area contributed by atoms with E-state index in [-0.39, 0.29) is 0 Å². The van der Waals surface area contributed by atoms with Gasteiger partial charge in [-0.15, -0.1) is 12.3 Å². The van der Waals surface area contributed by atoms with Crippen molar-refractivity contribution < 1.29 is 23.8 Å². The Hall–Kier alpha value is -1.57. The lowest BCUT2D eigenvalue weighted by molar-refractivity contribution is -0.168. The molecule has 0 rings (SSSR count). The number of ether oxygens (including phenoxy) is 1. The number of esters is 1. The van der Waals surface area contributed by atoms with Gasteiger partial charge < -0.3 is 9.84 Å². The zero-order valence-corrected chi connectivity index (χ0v) is 6.33. The zero-order valence-electron chi connectivity index (χ0n) is 6.33. The van der Waals surface area contributed by atoms with Crippen molar-refractivity contribution in [2.24, 2.45) is 0 Å². The summed E-state index contributed by atoms with van der Waals surface area (Å²) in [6.45, 7) is 0. The Morgan fingerprint density at radius 3 is 2.50 bits per heavy atom. The van der Waals surface area contributed by atoms with Gasteiger partial charge in [-0.25, -0.2) is 14.0 Å². The highest BCUT2D eigenvalue weighted by Gasteiger charge is 2.47. The first kappa shape index (κ1) is 10.4. The van der Waals surface area contributed by atoms with E-state index in [1.54, 1.807) is 5.92 Å². The van der Waals surface area contributed by atoms with E-state index in [0.29, 0.717) is 0 Å². The van der Waals surface area contributed by atoms with Crippen molar-refractivity contribution >= 4 is 11.9 Å². The summed E-state index contributed by atoms with van der Waals surface area (Å²) in [6, 6.07) is 0. The Balaban J connectivity index is 4.76. The topological polar surface area (TPSA) is 63.6 Å². The number of aliphatic carboxylic acids is 1. The third kappa shape index (κ3) is 1.72. The van der Waals surface area contributed by atoms with Gasteiger partial charge in [-0.1, -0.05) is 0 Å². The lowest BCUT2D eigenvalue weighted by Crippen LogP contribution is -2.42. The molecule has 1 unspecified atom stereocenters. The van der Waals surface area contributed by atoms with Gasteiger partial charge in [-0.2, -0.15) is 0 Å². The minimum absolute atomic E-state index is 0.838. The quantitative estimate of drug-likeness (QED) is 0.371. The van der Waals surface area contributed by atoms with Crippen molar-refractivity contribution in [3.63, 3.8) is 0 Å². The summed E-state index contributed by atoms with van der Waals surface area (Å²) in [5.74, 6) is -1.68. The van der Waals surface area contributed by atoms with Gasteiger partial charge in [0, 0.05) is 0 Å². The van der Waals surface area contributed by atoms with E-state index in [2.05, 4.69) is 11.2 Å². The molecule has 0 aromatic carbocycles. The number of terminal acetylenes is 1. The molecule has 0 saturated heterocycles. The second-order valence-corrected chi connectivity index (χ2v) is 1.98. The minimum atomic E-state index is -3.12. The van der Waals surface area contributed by atoms with Crippen molar-refractivity contribution in [3.8, 4) is 12.3 Å². The molecule has 0 aliphatic heterocycles. The van der Waals surface area contributed by atoms with Crippen molar-refractivity contribution in [2.45, 2.75) is 12.1 Å². The van der Waals surface area contributed by atoms with Crippen LogP contribution in [0.25, 0.3) is 0 Å². The maximum absolute atomic E-state index is 13.1. The highest BCUT2D eigenvalue weighted by molar-refractivity contribution is 6.02. The largest absolute Gasteiger partial charge is 0.478 e. The molecule has 0 amide bonds. The Labute approximate surface area is 68.3 Å². The summed E-state index contributed by atoms with van der Waals surface area (Å²) in [4.78, 5) is 20.8. The average Bonchev–Trinajstić information content (AvgIpc) is 2.03. The van der Waals surface area contributed by atoms with E-state index in [1.807, 2.05) is 0 Å². The molecule has 0 aromatic rings. The van der Waals surface area contributed by atoms with Crippen LogP contribution < -0.4 is 0 Å². The van der Waals surface area contributed by atoms with Crippen LogP contribution in [0.3, 0.4) is 0 Å². The van der Waals surface area contributed by atoms with E-state index >= 15 is 0 Å². The number of alkyl halides is 1. The van der Waals surface area contributed by atoms with Gasteiger partial charge in [0.25, 0.3) is 0 Å². The van der Waals surface area contributed by atoms with Crippen LogP contribution in [0, 0.1) is 12.3 Å². The fourth-order valence-electron chi connectivity index (χ4n) is 0.538. The van der Waals surface area contributed by atoms with E-state index < -0.39 is 24.0 Å². The van der Waals surface area contributed by atoms with Gasteiger partial charge in [-0.05, 0) is 0 Å². The summed E-state index contributed by atoms with van der Waals surface area (Å²) < 4.78 is 17.0. The van der Waals surface area contributed by atoms with E-state index in [0.717, 1.165) is 7.11 Å². The molecule has 1 N–H and O–H groups in total. The molecule has 0 aliphatic carbocycles. The number of hydrogen-bond acceptors (Lipinski definition) is 3. The van der Waals surface area contributed by atoms with Gasteiger partial charge in [0.2, 0.25) is 0 Å². The highest BCUT2D eigenvalue weighted by Crippen LogP contribution is 2.17. The molecular formula is C7H7FO4. The number of methoxy groups -OCH3 is 1. The van der Waals surface area contributed by atoms with Crippen molar-refractivity contribution in [2.75, 3.05) is 7.11 Å². The van der Waals surface area contributed by atoms with Crippen LogP contribution >= 0.6 is 0 Å². The second kappa shape index (κ2) is 3.72. The Morgan fingerprint density at radius 2 is 2.25 bits per heavy atom. The zero-order chi connectivity index (χ0) is 9.78. The van der Waals surface area contributed by atoms with Crippen LogP contribution in [-0.4, -0.2) is 29.8 Å². The average molecular weight is 174 g/mol. The van der Waals surface area contributed by atoms with Crippen LogP contribution in [0.1, 0.15) is 6.42 Å². The molecule has 4 nitrogen and oxygen atoms in total. The number of carboxylic acid groups (broad SMARTS) is 1. The number of halogens is 1. The molecule has 0 aliphatic rings. The van der Waals surface area contributed by atoms with Crippen LogP contribution in [0.15, 0.2) is 0 Å². The second-order valence-electron chi connectivity index (χ2n) is 1.98. The van der Waals surface area contributed by atoms with Gasteiger partial charge in [-0.3, -0.25) is 0 Å². The van der Waals surface area contributed by atoms with Gasteiger partial charge in [0.1, 0.15) is 0 Å². The molecule has 0 heterocycles. The van der Waals surface area contributed by atoms with Gasteiger partial charge >= 0.3 is 17.6 Å². The van der Waals surface area contributed by atoms with E-state index in [9.17, 15) is 14.0 Å². The monoisotopic (exact) mass is 174 g/mol. The van der Waals surface area contributed by atoms with Crippen LogP contribution in [0.4, 0.5) is 4.39 Å². The Morgan fingerprint density at radius 1 is 1.75 bits per heavy atom. The Bertz CT molecular complexity index is 242. The van der Waals surface area contributed by atoms with Crippen LogP contribution in [0.5, 0.6) is 0 Å². The van der Waals surface area contributed by atoms with Crippen molar-refractivity contribution in [1.29, 1.82) is 0 Å². The highest BCUT2D eigenvalue weighted by atomic mass is 19.1. The molecule has 66 valence electrons. The lowest BCUT2D eigenvalue weighted by atomic mass is 10.0. The van der Waals surface area contributed by atoms with E-state index in [1.165, 1.54) is 0 Å². The predicted molar refractivity (Wildman–Crippen MR) is 36.9 cm³/mol. The molecule has 0 aromatic heterocycles. The van der Waals surface area contributed by atoms with Crippen molar-refractivity contribution in [3.05, 3.63) is 0 Å². The molecular weight excluding hydrogens is 167 g/mol. The summed E-state index contributed by atoms with van der Waals surface area (Å²) >= 11 is 0. The molecule has 0 bridgehead atoms. The third-order valence-electron chi connectivity index (χ3n) is 1.19. The predicted octanol–water partition coefficient (Wildman–Crippen LogP) is -0.0244. The smallest absolute Gasteiger partial charge is 0.356 e. The fraction of sp³-hybridized carbons (Fsp3) is 0.429. The molecule has 0 fully saturated rings. The Kier molecular flexibility index (Phi) is 3.23. The fourth-order valence-corrected chi connectivity index (χ4v) is 0.538. The number of carbonyl (C=O) groups excluding carboxylic acids is 1. The molecule has 0 radical (unpaired) electrons. The summed E-state index contributed by atoms with van der Waals surface area (Å²) in [6.07, 6.45) is 3.85. The molecule has 12 heavy (non-hydrogen) atoms. The summed E-state index contributed by atoms with van der Waals surface area (Å²) in [5.41, 5.74) is -3.12. The first-order valence-corrected chi connectivity index (χ1v) is 2.93. The normalized spacial score (nSPS) is 14.1. The van der Waals surface area contributed by atoms with Crippen molar-refractivity contribution in [1.82, 2.24) is 0 Å². The summed E-state index contributed by atoms with van der Waals surface area (Å²) in [7, 11) is 0.885. The van der Waals surface area contributed by atoms with Gasteiger partial charge in [0.15, 0.2) is 0 Å². The first-order chi connectivity index (χ1) is 5.49. The number of rotatable bonds is 3. The SMILES string of the molecule is C#CCC(F)(C(=O)O)C(=O)OC. The molecule has 5 heteroatoms. The van der Waals surface area contributed by atoms with Crippen LogP contribution in [-0.2, 0) is 14.3 Å². The first-order valence-electron chi connectivity index (χ1n) is 2.93. The lowest BCUT2D eigenvalue weighted by Gasteiger charge is -2.13. The standard InChI is InChI=1S/C7H7FO4/c1-3-4-7(8,5(9)10)6(11)12-2/h1H,4H2,2H3,(H,9,10).